The van der Waals surface area contributed by atoms with Crippen LogP contribution in [0.3, 0.4) is 0 Å². The fraction of sp³-hybridized carbons (Fsp3) is 0.654. The lowest BCUT2D eigenvalue weighted by Gasteiger charge is -2.46. The predicted octanol–water partition coefficient (Wildman–Crippen LogP) is 3.56. The van der Waals surface area contributed by atoms with Crippen LogP contribution in [0.1, 0.15) is 60.2 Å². The third kappa shape index (κ3) is 7.22. The fourth-order valence-electron chi connectivity index (χ4n) is 5.07. The van der Waals surface area contributed by atoms with Gasteiger partial charge in [0.15, 0.2) is 6.23 Å². The minimum absolute atomic E-state index is 0.0787. The number of carbonyl (C=O) groups is 3. The van der Waals surface area contributed by atoms with Crippen molar-refractivity contribution in [1.29, 1.82) is 0 Å². The van der Waals surface area contributed by atoms with Gasteiger partial charge in [-0.05, 0) is 56.9 Å². The number of hydrogen-bond donors (Lipinski definition) is 0. The van der Waals surface area contributed by atoms with Gasteiger partial charge in [-0.25, -0.2) is 4.79 Å². The van der Waals surface area contributed by atoms with E-state index in [1.54, 1.807) is 48.1 Å². The largest absolute Gasteiger partial charge is 0.490 e. The summed E-state index contributed by atoms with van der Waals surface area (Å²) in [6.07, 6.45) is -3.32. The zero-order valence-corrected chi connectivity index (χ0v) is 21.6. The first-order valence-corrected chi connectivity index (χ1v) is 12.8. The van der Waals surface area contributed by atoms with Crippen LogP contribution in [0.2, 0.25) is 0 Å². The predicted molar refractivity (Wildman–Crippen MR) is 130 cm³/mol. The van der Waals surface area contributed by atoms with E-state index in [9.17, 15) is 27.6 Å². The first-order chi connectivity index (χ1) is 17.6. The minimum Gasteiger partial charge on any atom is -0.439 e. The normalized spacial score (nSPS) is 21.5. The molecule has 0 bridgehead atoms. The van der Waals surface area contributed by atoms with Gasteiger partial charge in [-0.3, -0.25) is 14.5 Å². The Morgan fingerprint density at radius 1 is 1.03 bits per heavy atom. The number of nitrogens with zero attached hydrogens (tertiary/aromatic N) is 3. The van der Waals surface area contributed by atoms with Crippen molar-refractivity contribution in [3.63, 3.8) is 0 Å². The van der Waals surface area contributed by atoms with E-state index in [1.165, 1.54) is 0 Å². The van der Waals surface area contributed by atoms with Crippen LogP contribution in [0, 0.1) is 5.92 Å². The number of hydrogen-bond acceptors (Lipinski definition) is 6. The molecule has 2 unspecified atom stereocenters. The third-order valence-corrected chi connectivity index (χ3v) is 7.18. The number of piperidine rings is 2. The lowest BCUT2D eigenvalue weighted by Crippen LogP contribution is -2.56. The highest BCUT2D eigenvalue weighted by Crippen LogP contribution is 2.31. The van der Waals surface area contributed by atoms with Gasteiger partial charge in [0, 0.05) is 62.9 Å². The Morgan fingerprint density at radius 3 is 2.22 bits per heavy atom. The number of amides is 2. The van der Waals surface area contributed by atoms with Crippen molar-refractivity contribution in [2.75, 3.05) is 46.4 Å². The summed E-state index contributed by atoms with van der Waals surface area (Å²) < 4.78 is 48.4. The molecule has 37 heavy (non-hydrogen) atoms. The Bertz CT molecular complexity index is 932. The minimum atomic E-state index is -5.03. The highest BCUT2D eigenvalue weighted by molar-refractivity contribution is 5.97. The fourth-order valence-corrected chi connectivity index (χ4v) is 5.07. The van der Waals surface area contributed by atoms with Crippen molar-refractivity contribution >= 4 is 17.8 Å². The Balaban J connectivity index is 1.59. The molecule has 2 aliphatic rings. The van der Waals surface area contributed by atoms with Crippen LogP contribution in [-0.2, 0) is 14.3 Å². The Hall–Kier alpha value is -2.66. The van der Waals surface area contributed by atoms with Crippen LogP contribution in [0.4, 0.5) is 13.2 Å². The number of halogens is 3. The number of likely N-dealkylation sites (N-methyl/N-ethyl adjacent to an activating group) is 1. The van der Waals surface area contributed by atoms with Gasteiger partial charge in [-0.15, -0.1) is 0 Å². The number of likely N-dealkylation sites (tertiary alicyclic amines) is 2. The van der Waals surface area contributed by atoms with Crippen molar-refractivity contribution < 1.29 is 37.0 Å². The zero-order chi connectivity index (χ0) is 27.2. The molecule has 1 aromatic carbocycles. The van der Waals surface area contributed by atoms with Gasteiger partial charge in [0.2, 0.25) is 0 Å². The molecule has 0 N–H and O–H groups in total. The summed E-state index contributed by atoms with van der Waals surface area (Å²) in [6.45, 7) is 6.58. The number of alkyl halides is 3. The summed E-state index contributed by atoms with van der Waals surface area (Å²) in [4.78, 5) is 42.5. The molecule has 0 spiro atoms. The van der Waals surface area contributed by atoms with E-state index in [0.717, 1.165) is 6.42 Å². The van der Waals surface area contributed by atoms with Crippen LogP contribution in [0.5, 0.6) is 0 Å². The van der Waals surface area contributed by atoms with Crippen LogP contribution < -0.4 is 0 Å². The van der Waals surface area contributed by atoms with Gasteiger partial charge in [-0.2, -0.15) is 13.2 Å². The monoisotopic (exact) mass is 527 g/mol. The summed E-state index contributed by atoms with van der Waals surface area (Å²) in [7, 11) is 1.58. The van der Waals surface area contributed by atoms with E-state index >= 15 is 0 Å². The zero-order valence-electron chi connectivity index (χ0n) is 21.6. The molecule has 0 aromatic heterocycles. The van der Waals surface area contributed by atoms with E-state index in [4.69, 9.17) is 9.47 Å². The van der Waals surface area contributed by atoms with Crippen molar-refractivity contribution in [1.82, 2.24) is 14.7 Å². The van der Waals surface area contributed by atoms with Crippen LogP contribution >= 0.6 is 0 Å². The molecule has 206 valence electrons. The van der Waals surface area contributed by atoms with Crippen molar-refractivity contribution in [2.45, 2.75) is 58.0 Å². The summed E-state index contributed by atoms with van der Waals surface area (Å²) in [6, 6.07) is 6.50. The second-order valence-electron chi connectivity index (χ2n) is 9.63. The summed E-state index contributed by atoms with van der Waals surface area (Å²) >= 11 is 0. The summed E-state index contributed by atoms with van der Waals surface area (Å²) in [5.74, 6) is -2.65. The Kier molecular flexibility index (Phi) is 9.94. The van der Waals surface area contributed by atoms with E-state index in [2.05, 4.69) is 0 Å². The maximum Gasteiger partial charge on any atom is 0.490 e. The number of benzene rings is 1. The van der Waals surface area contributed by atoms with Gasteiger partial charge in [0.1, 0.15) is 0 Å². The average Bonchev–Trinajstić information content (AvgIpc) is 2.89. The topological polar surface area (TPSA) is 79.4 Å². The van der Waals surface area contributed by atoms with Gasteiger partial charge < -0.3 is 19.3 Å². The number of carbonyl (C=O) groups excluding carboxylic acids is 3. The molecule has 2 amide bonds. The standard InChI is InChI=1S/C26H36F3N3O5/c1-4-30(16-17-36-3)22(33)19-7-9-20(10-8-19)23(34)31-14-11-21(12-15-31)32-13-5-6-18(2)24(32)37-25(35)26(27,28)29/h7-10,18,21,24H,4-6,11-17H2,1-3H3. The summed E-state index contributed by atoms with van der Waals surface area (Å²) in [5, 5.41) is 0. The van der Waals surface area contributed by atoms with Gasteiger partial charge >= 0.3 is 12.1 Å². The molecule has 1 aromatic rings. The van der Waals surface area contributed by atoms with Gasteiger partial charge in [0.25, 0.3) is 11.8 Å². The molecule has 2 saturated heterocycles. The quantitative estimate of drug-likeness (QED) is 0.481. The first kappa shape index (κ1) is 28.9. The van der Waals surface area contributed by atoms with Gasteiger partial charge in [-0.1, -0.05) is 6.92 Å². The van der Waals surface area contributed by atoms with E-state index < -0.39 is 18.4 Å². The Labute approximate surface area is 215 Å². The molecular formula is C26H36F3N3O5. The number of rotatable bonds is 8. The van der Waals surface area contributed by atoms with E-state index in [-0.39, 0.29) is 23.8 Å². The average molecular weight is 528 g/mol. The number of ether oxygens (including phenoxy) is 2. The van der Waals surface area contributed by atoms with Crippen molar-refractivity contribution in [3.8, 4) is 0 Å². The lowest BCUT2D eigenvalue weighted by atomic mass is 9.93. The molecule has 11 heteroatoms. The maximum atomic E-state index is 13.1. The summed E-state index contributed by atoms with van der Waals surface area (Å²) in [5.41, 5.74) is 0.963. The molecule has 2 aliphatic heterocycles. The molecule has 0 radical (unpaired) electrons. The molecule has 2 fully saturated rings. The van der Waals surface area contributed by atoms with Crippen LogP contribution in [-0.4, -0.2) is 97.4 Å². The number of esters is 1. The molecule has 0 aliphatic carbocycles. The molecular weight excluding hydrogens is 491 g/mol. The second kappa shape index (κ2) is 12.7. The first-order valence-electron chi connectivity index (χ1n) is 12.8. The third-order valence-electron chi connectivity index (χ3n) is 7.18. The highest BCUT2D eigenvalue weighted by atomic mass is 19.4. The highest BCUT2D eigenvalue weighted by Gasteiger charge is 2.46. The van der Waals surface area contributed by atoms with E-state index in [1.807, 2.05) is 11.8 Å². The Morgan fingerprint density at radius 2 is 1.65 bits per heavy atom. The molecule has 2 heterocycles. The number of methoxy groups -OCH3 is 1. The molecule has 2 atom stereocenters. The van der Waals surface area contributed by atoms with Crippen LogP contribution in [0.15, 0.2) is 24.3 Å². The maximum absolute atomic E-state index is 13.1. The molecule has 3 rings (SSSR count). The molecule has 8 nitrogen and oxygen atoms in total. The van der Waals surface area contributed by atoms with Crippen molar-refractivity contribution in [2.24, 2.45) is 5.92 Å². The molecule has 0 saturated carbocycles. The van der Waals surface area contributed by atoms with E-state index in [0.29, 0.717) is 69.7 Å². The van der Waals surface area contributed by atoms with Crippen molar-refractivity contribution in [3.05, 3.63) is 35.4 Å². The SMILES string of the molecule is CCN(CCOC)C(=O)c1ccc(C(=O)N2CCC(N3CCCC(C)C3OC(=O)C(F)(F)F)CC2)cc1. The van der Waals surface area contributed by atoms with Crippen LogP contribution in [0.25, 0.3) is 0 Å². The van der Waals surface area contributed by atoms with Gasteiger partial charge in [0.05, 0.1) is 6.61 Å². The smallest absolute Gasteiger partial charge is 0.439 e. The lowest BCUT2D eigenvalue weighted by molar-refractivity contribution is -0.222. The second-order valence-corrected chi connectivity index (χ2v) is 9.63.